The van der Waals surface area contributed by atoms with Crippen LogP contribution in [-0.2, 0) is 4.74 Å². The molecule has 1 fully saturated rings. The third kappa shape index (κ3) is 1.11. The van der Waals surface area contributed by atoms with E-state index in [1.54, 1.807) is 0 Å². The van der Waals surface area contributed by atoms with Crippen molar-refractivity contribution < 1.29 is 14.2 Å². The van der Waals surface area contributed by atoms with Crippen molar-refractivity contribution in [1.29, 1.82) is 0 Å². The Hall–Kier alpha value is 0.290. The van der Waals surface area contributed by atoms with Gasteiger partial charge in [-0.1, -0.05) is 15.9 Å². The second-order valence-corrected chi connectivity index (χ2v) is 3.93. The molecule has 3 N–H and O–H groups in total. The zero-order chi connectivity index (χ0) is 8.86. The molecule has 0 aromatic carbocycles. The van der Waals surface area contributed by atoms with Crippen LogP contribution in [0, 0.1) is 0 Å². The minimum Gasteiger partial charge on any atom is -0.383 e. The van der Waals surface area contributed by atoms with E-state index in [9.17, 15) is 9.50 Å². The Kier molecular flexibility index (Phi) is 2.03. The predicted octanol–water partition coefficient (Wildman–Crippen LogP) is 0.502. The number of halogens is 2. The summed E-state index contributed by atoms with van der Waals surface area (Å²) in [4.78, 5) is 0. The molecule has 0 spiro atoms. The van der Waals surface area contributed by atoms with Gasteiger partial charge in [0.1, 0.15) is 11.8 Å². The minimum absolute atomic E-state index is 0.847. The summed E-state index contributed by atoms with van der Waals surface area (Å²) >= 11 is 2.94. The molecule has 0 saturated carbocycles. The van der Waals surface area contributed by atoms with E-state index in [0.29, 0.717) is 0 Å². The molecule has 0 aromatic rings. The fraction of sp³-hybridized carbons (Fsp3) is 1.00. The van der Waals surface area contributed by atoms with Gasteiger partial charge in [-0.3, -0.25) is 0 Å². The van der Waals surface area contributed by atoms with E-state index in [2.05, 4.69) is 15.9 Å². The molecule has 1 aliphatic heterocycles. The number of aliphatic hydroxyl groups is 1. The largest absolute Gasteiger partial charge is 0.383 e. The second kappa shape index (κ2) is 2.39. The lowest BCUT2D eigenvalue weighted by Gasteiger charge is -2.30. The normalized spacial score (nSPS) is 58.4. The van der Waals surface area contributed by atoms with Gasteiger partial charge in [0.05, 0.1) is 0 Å². The summed E-state index contributed by atoms with van der Waals surface area (Å²) in [6.07, 6.45) is -0.984. The van der Waals surface area contributed by atoms with Crippen molar-refractivity contribution >= 4 is 15.9 Å². The van der Waals surface area contributed by atoms with E-state index in [1.165, 1.54) is 13.8 Å². The van der Waals surface area contributed by atoms with Gasteiger partial charge in [-0.05, 0) is 13.8 Å². The molecule has 0 aliphatic carbocycles. The molecule has 0 aromatic heterocycles. The molecular weight excluding hydrogens is 217 g/mol. The van der Waals surface area contributed by atoms with Crippen LogP contribution in [0.5, 0.6) is 0 Å². The Morgan fingerprint density at radius 1 is 1.64 bits per heavy atom. The number of alkyl halides is 2. The standard InChI is InChI=1S/C6H11BrFNO2/c1-5(8)3(7)11-4(9)6(5,2)10/h3-4,10H,9H2,1-2H3. The highest BCUT2D eigenvalue weighted by Gasteiger charge is 2.60. The zero-order valence-electron chi connectivity index (χ0n) is 6.34. The Bertz CT molecular complexity index is 156. The monoisotopic (exact) mass is 227 g/mol. The summed E-state index contributed by atoms with van der Waals surface area (Å²) in [5.74, 6) is 0. The maximum atomic E-state index is 13.5. The first kappa shape index (κ1) is 9.38. The zero-order valence-corrected chi connectivity index (χ0v) is 7.93. The van der Waals surface area contributed by atoms with Crippen molar-refractivity contribution in [2.75, 3.05) is 0 Å². The van der Waals surface area contributed by atoms with Crippen LogP contribution in [0.4, 0.5) is 4.39 Å². The van der Waals surface area contributed by atoms with Crippen molar-refractivity contribution in [2.24, 2.45) is 5.73 Å². The molecule has 11 heavy (non-hydrogen) atoms. The van der Waals surface area contributed by atoms with Crippen LogP contribution in [0.3, 0.4) is 0 Å². The Balaban J connectivity index is 2.95. The molecule has 5 heteroatoms. The highest BCUT2D eigenvalue weighted by molar-refractivity contribution is 9.09. The molecule has 4 atom stereocenters. The average molecular weight is 228 g/mol. The van der Waals surface area contributed by atoms with E-state index >= 15 is 0 Å². The van der Waals surface area contributed by atoms with Crippen LogP contribution in [0.2, 0.25) is 0 Å². The topological polar surface area (TPSA) is 55.5 Å². The molecule has 1 heterocycles. The molecule has 66 valence electrons. The molecule has 0 amide bonds. The van der Waals surface area contributed by atoms with Crippen LogP contribution in [0.1, 0.15) is 13.8 Å². The van der Waals surface area contributed by atoms with Gasteiger partial charge in [0.15, 0.2) is 10.7 Å². The number of hydrogen-bond acceptors (Lipinski definition) is 3. The molecular formula is C6H11BrFNO2. The van der Waals surface area contributed by atoms with Crippen molar-refractivity contribution in [2.45, 2.75) is 36.4 Å². The van der Waals surface area contributed by atoms with E-state index in [4.69, 9.17) is 10.5 Å². The average Bonchev–Trinajstić information content (AvgIpc) is 1.95. The van der Waals surface area contributed by atoms with Crippen LogP contribution >= 0.6 is 15.9 Å². The van der Waals surface area contributed by atoms with Crippen molar-refractivity contribution in [3.05, 3.63) is 0 Å². The molecule has 0 bridgehead atoms. The lowest BCUT2D eigenvalue weighted by atomic mass is 9.90. The molecule has 1 saturated heterocycles. The molecule has 3 nitrogen and oxygen atoms in total. The van der Waals surface area contributed by atoms with Gasteiger partial charge in [0, 0.05) is 0 Å². The Labute approximate surface area is 72.8 Å². The van der Waals surface area contributed by atoms with E-state index in [1.807, 2.05) is 0 Å². The summed E-state index contributed by atoms with van der Waals surface area (Å²) in [7, 11) is 0. The third-order valence-corrected chi connectivity index (χ3v) is 3.31. The summed E-state index contributed by atoms with van der Waals surface area (Å²) in [5.41, 5.74) is 1.84. The highest BCUT2D eigenvalue weighted by atomic mass is 79.9. The highest BCUT2D eigenvalue weighted by Crippen LogP contribution is 2.43. The number of nitrogens with two attached hydrogens (primary N) is 1. The third-order valence-electron chi connectivity index (χ3n) is 2.24. The maximum absolute atomic E-state index is 13.5. The van der Waals surface area contributed by atoms with Gasteiger partial charge >= 0.3 is 0 Å². The van der Waals surface area contributed by atoms with Gasteiger partial charge in [0.25, 0.3) is 0 Å². The number of hydrogen-bond donors (Lipinski definition) is 2. The van der Waals surface area contributed by atoms with Gasteiger partial charge in [0.2, 0.25) is 0 Å². The number of rotatable bonds is 0. The van der Waals surface area contributed by atoms with E-state index < -0.39 is 22.5 Å². The fourth-order valence-electron chi connectivity index (χ4n) is 0.897. The van der Waals surface area contributed by atoms with Crippen molar-refractivity contribution in [3.8, 4) is 0 Å². The summed E-state index contributed by atoms with van der Waals surface area (Å²) in [6.45, 7) is 2.57. The molecule has 4 unspecified atom stereocenters. The van der Waals surface area contributed by atoms with Crippen molar-refractivity contribution in [3.63, 3.8) is 0 Å². The van der Waals surface area contributed by atoms with Crippen LogP contribution < -0.4 is 5.73 Å². The maximum Gasteiger partial charge on any atom is 0.176 e. The first-order valence-corrected chi connectivity index (χ1v) is 4.18. The minimum atomic E-state index is -1.85. The SMILES string of the molecule is CC1(O)C(N)OC(Br)C1(C)F. The first-order valence-electron chi connectivity index (χ1n) is 3.26. The lowest BCUT2D eigenvalue weighted by Crippen LogP contribution is -2.53. The summed E-state index contributed by atoms with van der Waals surface area (Å²) < 4.78 is 18.4. The molecule has 0 radical (unpaired) electrons. The second-order valence-electron chi connectivity index (χ2n) is 3.10. The van der Waals surface area contributed by atoms with E-state index in [-0.39, 0.29) is 0 Å². The van der Waals surface area contributed by atoms with Gasteiger partial charge < -0.3 is 15.6 Å². The van der Waals surface area contributed by atoms with Gasteiger partial charge in [-0.15, -0.1) is 0 Å². The molecule has 1 rings (SSSR count). The quantitative estimate of drug-likeness (QED) is 0.593. The number of ether oxygens (including phenoxy) is 1. The fourth-order valence-corrected chi connectivity index (χ4v) is 1.59. The van der Waals surface area contributed by atoms with Crippen LogP contribution in [0.15, 0.2) is 0 Å². The van der Waals surface area contributed by atoms with Crippen LogP contribution in [0.25, 0.3) is 0 Å². The summed E-state index contributed by atoms with van der Waals surface area (Å²) in [6, 6.07) is 0. The van der Waals surface area contributed by atoms with E-state index in [0.717, 1.165) is 0 Å². The Morgan fingerprint density at radius 2 is 2.09 bits per heavy atom. The van der Waals surface area contributed by atoms with Crippen LogP contribution in [-0.4, -0.2) is 27.6 Å². The van der Waals surface area contributed by atoms with Gasteiger partial charge in [-0.25, -0.2) is 4.39 Å². The Morgan fingerprint density at radius 3 is 2.18 bits per heavy atom. The van der Waals surface area contributed by atoms with Crippen molar-refractivity contribution in [1.82, 2.24) is 0 Å². The first-order chi connectivity index (χ1) is 4.80. The predicted molar refractivity (Wildman–Crippen MR) is 41.9 cm³/mol. The lowest BCUT2D eigenvalue weighted by molar-refractivity contribution is -0.0731. The smallest absolute Gasteiger partial charge is 0.176 e. The summed E-state index contributed by atoms with van der Waals surface area (Å²) in [5, 5.41) is 8.66. The molecule has 1 aliphatic rings. The van der Waals surface area contributed by atoms with Gasteiger partial charge in [-0.2, -0.15) is 0 Å².